The highest BCUT2D eigenvalue weighted by atomic mass is 79.9. The monoisotopic (exact) mass is 451 g/mol. The number of halogens is 1. The van der Waals surface area contributed by atoms with Gasteiger partial charge in [0.05, 0.1) is 17.0 Å². The van der Waals surface area contributed by atoms with Crippen molar-refractivity contribution in [2.45, 2.75) is 20.8 Å². The quantitative estimate of drug-likeness (QED) is 0.524. The van der Waals surface area contributed by atoms with Crippen LogP contribution in [0.1, 0.15) is 29.9 Å². The Morgan fingerprint density at radius 3 is 2.28 bits per heavy atom. The Bertz CT molecular complexity index is 1060. The Morgan fingerprint density at radius 1 is 0.931 bits per heavy atom. The highest BCUT2D eigenvalue weighted by Crippen LogP contribution is 2.23. The third kappa shape index (κ3) is 5.29. The van der Waals surface area contributed by atoms with Crippen LogP contribution in [0.3, 0.4) is 0 Å². The van der Waals surface area contributed by atoms with Gasteiger partial charge in [-0.1, -0.05) is 48.0 Å². The molecule has 0 bridgehead atoms. The zero-order chi connectivity index (χ0) is 21.0. The van der Waals surface area contributed by atoms with Gasteiger partial charge in [0.2, 0.25) is 5.91 Å². The van der Waals surface area contributed by atoms with Gasteiger partial charge in [0, 0.05) is 27.3 Å². The summed E-state index contributed by atoms with van der Waals surface area (Å²) in [5.41, 5.74) is 4.17. The zero-order valence-corrected chi connectivity index (χ0v) is 18.1. The predicted octanol–water partition coefficient (Wildman–Crippen LogP) is 5.67. The minimum Gasteiger partial charge on any atom is -0.326 e. The summed E-state index contributed by atoms with van der Waals surface area (Å²) < 4.78 is 0.973. The van der Waals surface area contributed by atoms with E-state index in [2.05, 4.69) is 31.5 Å². The summed E-state index contributed by atoms with van der Waals surface area (Å²) in [7, 11) is 0. The van der Waals surface area contributed by atoms with E-state index in [0.717, 1.165) is 15.7 Å². The first kappa shape index (κ1) is 20.7. The molecule has 1 heterocycles. The van der Waals surface area contributed by atoms with Crippen molar-refractivity contribution in [2.24, 2.45) is 5.92 Å². The first-order valence-electron chi connectivity index (χ1n) is 9.29. The summed E-state index contributed by atoms with van der Waals surface area (Å²) in [6.45, 7) is 5.47. The number of aryl methyl sites for hydroxylation is 1. The number of pyridine rings is 1. The summed E-state index contributed by atoms with van der Waals surface area (Å²) in [6.07, 6.45) is 0. The molecule has 29 heavy (non-hydrogen) atoms. The molecular weight excluding hydrogens is 430 g/mol. The Labute approximate surface area is 178 Å². The normalized spacial score (nSPS) is 10.7. The lowest BCUT2D eigenvalue weighted by molar-refractivity contribution is -0.118. The number of benzene rings is 2. The highest BCUT2D eigenvalue weighted by molar-refractivity contribution is 9.10. The second-order valence-electron chi connectivity index (χ2n) is 7.02. The minimum absolute atomic E-state index is 0.0725. The Balaban J connectivity index is 1.77. The van der Waals surface area contributed by atoms with Crippen LogP contribution in [0.15, 0.2) is 65.1 Å². The highest BCUT2D eigenvalue weighted by Gasteiger charge is 2.13. The molecule has 0 fully saturated rings. The summed E-state index contributed by atoms with van der Waals surface area (Å²) >= 11 is 3.46. The molecule has 0 aliphatic rings. The maximum absolute atomic E-state index is 12.7. The van der Waals surface area contributed by atoms with Crippen LogP contribution in [0.2, 0.25) is 0 Å². The average Bonchev–Trinajstić information content (AvgIpc) is 2.68. The largest absolute Gasteiger partial charge is 0.326 e. The van der Waals surface area contributed by atoms with Crippen LogP contribution in [-0.4, -0.2) is 16.8 Å². The van der Waals surface area contributed by atoms with E-state index in [1.54, 1.807) is 30.3 Å². The molecule has 2 N–H and O–H groups in total. The Hall–Kier alpha value is -2.99. The van der Waals surface area contributed by atoms with E-state index in [1.165, 1.54) is 0 Å². The summed E-state index contributed by atoms with van der Waals surface area (Å²) in [6, 6.07) is 18.6. The number of hydrogen-bond acceptors (Lipinski definition) is 3. The molecule has 0 aliphatic heterocycles. The number of hydrogen-bond donors (Lipinski definition) is 2. The van der Waals surface area contributed by atoms with Crippen molar-refractivity contribution in [3.05, 3.63) is 76.4 Å². The van der Waals surface area contributed by atoms with E-state index in [4.69, 9.17) is 0 Å². The van der Waals surface area contributed by atoms with Gasteiger partial charge in [-0.05, 0) is 49.4 Å². The van der Waals surface area contributed by atoms with Gasteiger partial charge in [0.25, 0.3) is 5.91 Å². The van der Waals surface area contributed by atoms with Crippen LogP contribution in [0.25, 0.3) is 11.3 Å². The summed E-state index contributed by atoms with van der Waals surface area (Å²) in [5, 5.41) is 5.70. The second-order valence-corrected chi connectivity index (χ2v) is 7.93. The molecule has 0 saturated carbocycles. The van der Waals surface area contributed by atoms with Crippen molar-refractivity contribution < 1.29 is 9.59 Å². The molecule has 0 unspecified atom stereocenters. The maximum atomic E-state index is 12.7. The topological polar surface area (TPSA) is 71.1 Å². The second kappa shape index (κ2) is 9.01. The summed E-state index contributed by atoms with van der Waals surface area (Å²) in [4.78, 5) is 29.2. The standard InChI is InChI=1S/C23H22BrN3O2/c1-14(2)22(28)26-18-8-5-9-19(13-18)27-23(29)20-10-11-21(25-15(20)3)16-6-4-7-17(24)12-16/h4-14H,1-3H3,(H,26,28)(H,27,29). The average molecular weight is 452 g/mol. The molecule has 148 valence electrons. The third-order valence-electron chi connectivity index (χ3n) is 4.36. The third-order valence-corrected chi connectivity index (χ3v) is 4.86. The van der Waals surface area contributed by atoms with Gasteiger partial charge in [-0.3, -0.25) is 14.6 Å². The minimum atomic E-state index is -0.247. The molecule has 0 aliphatic carbocycles. The fourth-order valence-corrected chi connectivity index (χ4v) is 3.17. The van der Waals surface area contributed by atoms with E-state index in [-0.39, 0.29) is 17.7 Å². The van der Waals surface area contributed by atoms with E-state index in [0.29, 0.717) is 22.6 Å². The van der Waals surface area contributed by atoms with Gasteiger partial charge in [0.1, 0.15) is 0 Å². The lowest BCUT2D eigenvalue weighted by Gasteiger charge is -2.11. The van der Waals surface area contributed by atoms with Crippen molar-refractivity contribution in [1.82, 2.24) is 4.98 Å². The number of amides is 2. The van der Waals surface area contributed by atoms with Crippen LogP contribution in [0.5, 0.6) is 0 Å². The predicted molar refractivity (Wildman–Crippen MR) is 120 cm³/mol. The van der Waals surface area contributed by atoms with Gasteiger partial charge < -0.3 is 10.6 Å². The van der Waals surface area contributed by atoms with Gasteiger partial charge in [-0.2, -0.15) is 0 Å². The van der Waals surface area contributed by atoms with E-state index in [1.807, 2.05) is 51.1 Å². The van der Waals surface area contributed by atoms with Gasteiger partial charge in [0.15, 0.2) is 0 Å². The summed E-state index contributed by atoms with van der Waals surface area (Å²) in [5.74, 6) is -0.439. The molecule has 2 amide bonds. The molecule has 1 aromatic heterocycles. The maximum Gasteiger partial charge on any atom is 0.257 e. The Kier molecular flexibility index (Phi) is 6.44. The molecule has 5 nitrogen and oxygen atoms in total. The number of nitrogens with one attached hydrogen (secondary N) is 2. The molecule has 2 aromatic carbocycles. The van der Waals surface area contributed by atoms with Gasteiger partial charge in [-0.15, -0.1) is 0 Å². The fraction of sp³-hybridized carbons (Fsp3) is 0.174. The number of carbonyl (C=O) groups excluding carboxylic acids is 2. The van der Waals surface area contributed by atoms with Gasteiger partial charge in [-0.25, -0.2) is 0 Å². The first-order valence-corrected chi connectivity index (χ1v) is 10.1. The molecule has 0 atom stereocenters. The lowest BCUT2D eigenvalue weighted by Crippen LogP contribution is -2.18. The number of aromatic nitrogens is 1. The van der Waals surface area contributed by atoms with E-state index in [9.17, 15) is 9.59 Å². The number of rotatable bonds is 5. The number of nitrogens with zero attached hydrogens (tertiary/aromatic N) is 1. The molecule has 3 rings (SSSR count). The number of anilines is 2. The number of carbonyl (C=O) groups is 2. The molecule has 0 saturated heterocycles. The fourth-order valence-electron chi connectivity index (χ4n) is 2.77. The Morgan fingerprint density at radius 2 is 1.62 bits per heavy atom. The van der Waals surface area contributed by atoms with E-state index < -0.39 is 0 Å². The van der Waals surface area contributed by atoms with Crippen LogP contribution < -0.4 is 10.6 Å². The molecular formula is C23H22BrN3O2. The van der Waals surface area contributed by atoms with Crippen molar-refractivity contribution in [1.29, 1.82) is 0 Å². The van der Waals surface area contributed by atoms with Crippen LogP contribution in [0, 0.1) is 12.8 Å². The first-order chi connectivity index (χ1) is 13.8. The van der Waals surface area contributed by atoms with Crippen LogP contribution in [-0.2, 0) is 4.79 Å². The van der Waals surface area contributed by atoms with E-state index >= 15 is 0 Å². The van der Waals surface area contributed by atoms with Crippen molar-refractivity contribution in [2.75, 3.05) is 10.6 Å². The van der Waals surface area contributed by atoms with Crippen molar-refractivity contribution in [3.63, 3.8) is 0 Å². The van der Waals surface area contributed by atoms with Crippen molar-refractivity contribution >= 4 is 39.1 Å². The smallest absolute Gasteiger partial charge is 0.257 e. The molecule has 0 radical (unpaired) electrons. The zero-order valence-electron chi connectivity index (χ0n) is 16.5. The lowest BCUT2D eigenvalue weighted by atomic mass is 10.1. The van der Waals surface area contributed by atoms with Crippen LogP contribution in [0.4, 0.5) is 11.4 Å². The molecule has 0 spiro atoms. The van der Waals surface area contributed by atoms with Crippen LogP contribution >= 0.6 is 15.9 Å². The van der Waals surface area contributed by atoms with Gasteiger partial charge >= 0.3 is 0 Å². The molecule has 6 heteroatoms. The molecule has 3 aromatic rings. The SMILES string of the molecule is Cc1nc(-c2cccc(Br)c2)ccc1C(=O)Nc1cccc(NC(=O)C(C)C)c1. The van der Waals surface area contributed by atoms with Crippen molar-refractivity contribution in [3.8, 4) is 11.3 Å².